The Morgan fingerprint density at radius 3 is 2.58 bits per heavy atom. The number of hydrogen-bond donors (Lipinski definition) is 2. The van der Waals surface area contributed by atoms with E-state index in [-0.39, 0.29) is 18.2 Å². The summed E-state index contributed by atoms with van der Waals surface area (Å²) in [4.78, 5) is 28.1. The lowest BCUT2D eigenvalue weighted by molar-refractivity contribution is -0.384. The third-order valence-corrected chi connectivity index (χ3v) is 8.02. The third-order valence-electron chi connectivity index (χ3n) is 6.47. The molecule has 1 amide bonds. The van der Waals surface area contributed by atoms with Gasteiger partial charge >= 0.3 is 0 Å². The van der Waals surface area contributed by atoms with Gasteiger partial charge in [0.1, 0.15) is 6.61 Å². The van der Waals surface area contributed by atoms with Crippen molar-refractivity contribution in [1.29, 1.82) is 0 Å². The minimum Gasteiger partial charge on any atom is -0.490 e. The molecule has 0 fully saturated rings. The van der Waals surface area contributed by atoms with Crippen LogP contribution in [0, 0.1) is 20.6 Å². The fourth-order valence-corrected chi connectivity index (χ4v) is 5.75. The lowest BCUT2D eigenvalue weighted by Gasteiger charge is -2.14. The number of anilines is 2. The molecule has 0 radical (unpaired) electrons. The molecule has 0 unspecified atom stereocenters. The van der Waals surface area contributed by atoms with Gasteiger partial charge in [-0.05, 0) is 84.0 Å². The number of nitrogens with zero attached hydrogens (tertiary/aromatic N) is 3. The van der Waals surface area contributed by atoms with Crippen LogP contribution in [0.4, 0.5) is 16.5 Å². The summed E-state index contributed by atoms with van der Waals surface area (Å²) in [5.74, 6) is 0.662. The number of carbonyl (C=O) groups is 1. The highest BCUT2D eigenvalue weighted by molar-refractivity contribution is 14.1. The number of aryl methyl sites for hydroxylation is 1. The number of hydrogen-bond acceptors (Lipinski definition) is 9. The number of nitro benzene ring substituents is 1. The number of rotatable bonds is 12. The zero-order valence-corrected chi connectivity index (χ0v) is 27.3. The molecule has 10 nitrogen and oxygen atoms in total. The topological polar surface area (TPSA) is 128 Å². The van der Waals surface area contributed by atoms with Gasteiger partial charge in [0.25, 0.3) is 11.6 Å². The molecule has 45 heavy (non-hydrogen) atoms. The van der Waals surface area contributed by atoms with Crippen molar-refractivity contribution in [3.63, 3.8) is 0 Å². The molecule has 1 aromatic heterocycles. The number of nitrogens with one attached hydrogen (secondary N) is 2. The SMILES string of the molecule is CCOc1cc(/C=N\NC(=O)c2ccc(-c3csc(Nc4ccc(C)cc4)n3)cc2)cc(I)c1OCc1cccc([N+](=O)[O-])c1. The van der Waals surface area contributed by atoms with E-state index in [1.807, 2.05) is 61.7 Å². The number of aromatic nitrogens is 1. The number of benzene rings is 4. The molecule has 1 heterocycles. The van der Waals surface area contributed by atoms with Gasteiger partial charge in [-0.15, -0.1) is 11.3 Å². The normalized spacial score (nSPS) is 10.9. The maximum Gasteiger partial charge on any atom is 0.271 e. The second kappa shape index (κ2) is 14.8. The summed E-state index contributed by atoms with van der Waals surface area (Å²) < 4.78 is 12.5. The van der Waals surface area contributed by atoms with Gasteiger partial charge in [-0.2, -0.15) is 5.10 Å². The summed E-state index contributed by atoms with van der Waals surface area (Å²) in [5, 5.41) is 21.3. The van der Waals surface area contributed by atoms with Crippen LogP contribution in [-0.2, 0) is 6.61 Å². The van der Waals surface area contributed by atoms with Gasteiger partial charge < -0.3 is 14.8 Å². The highest BCUT2D eigenvalue weighted by Gasteiger charge is 2.14. The monoisotopic (exact) mass is 733 g/mol. The minimum atomic E-state index is -0.440. The van der Waals surface area contributed by atoms with E-state index in [1.165, 1.54) is 35.2 Å². The molecule has 0 atom stereocenters. The van der Waals surface area contributed by atoms with Gasteiger partial charge in [-0.1, -0.05) is 42.0 Å². The molecule has 2 N–H and O–H groups in total. The number of ether oxygens (including phenoxy) is 2. The molecular weight excluding hydrogens is 705 g/mol. The number of thiazole rings is 1. The van der Waals surface area contributed by atoms with Crippen LogP contribution in [0.2, 0.25) is 0 Å². The van der Waals surface area contributed by atoms with Crippen LogP contribution in [0.15, 0.2) is 95.4 Å². The molecule has 5 rings (SSSR count). The Labute approximate surface area is 277 Å². The van der Waals surface area contributed by atoms with E-state index in [2.05, 4.69) is 43.4 Å². The maximum absolute atomic E-state index is 12.8. The first-order chi connectivity index (χ1) is 21.8. The average molecular weight is 734 g/mol. The first-order valence-electron chi connectivity index (χ1n) is 13.8. The van der Waals surface area contributed by atoms with Gasteiger partial charge in [0.15, 0.2) is 16.6 Å². The van der Waals surface area contributed by atoms with Crippen LogP contribution in [0.5, 0.6) is 11.5 Å². The van der Waals surface area contributed by atoms with Gasteiger partial charge in [0.2, 0.25) is 0 Å². The van der Waals surface area contributed by atoms with Crippen molar-refractivity contribution in [1.82, 2.24) is 10.4 Å². The first-order valence-corrected chi connectivity index (χ1v) is 15.8. The Morgan fingerprint density at radius 1 is 1.07 bits per heavy atom. The molecule has 12 heteroatoms. The molecule has 0 aliphatic rings. The number of carbonyl (C=O) groups excluding carboxylic acids is 1. The summed E-state index contributed by atoms with van der Waals surface area (Å²) in [5.41, 5.74) is 8.26. The minimum absolute atomic E-state index is 0.000521. The highest BCUT2D eigenvalue weighted by atomic mass is 127. The molecule has 0 aliphatic heterocycles. The summed E-state index contributed by atoms with van der Waals surface area (Å²) in [6.07, 6.45) is 1.53. The van der Waals surface area contributed by atoms with Crippen molar-refractivity contribution >= 4 is 62.6 Å². The molecule has 0 bridgehead atoms. The van der Waals surface area contributed by atoms with Crippen molar-refractivity contribution in [2.45, 2.75) is 20.5 Å². The summed E-state index contributed by atoms with van der Waals surface area (Å²) >= 11 is 3.64. The van der Waals surface area contributed by atoms with Gasteiger partial charge in [-0.25, -0.2) is 10.4 Å². The van der Waals surface area contributed by atoms with E-state index in [0.717, 1.165) is 25.6 Å². The predicted octanol–water partition coefficient (Wildman–Crippen LogP) is 8.12. The van der Waals surface area contributed by atoms with Crippen molar-refractivity contribution in [2.75, 3.05) is 11.9 Å². The number of nitro groups is 1. The second-order valence-electron chi connectivity index (χ2n) is 9.78. The smallest absolute Gasteiger partial charge is 0.271 e. The molecule has 0 saturated heterocycles. The van der Waals surface area contributed by atoms with Crippen LogP contribution in [0.25, 0.3) is 11.3 Å². The summed E-state index contributed by atoms with van der Waals surface area (Å²) in [6.45, 7) is 4.44. The van der Waals surface area contributed by atoms with Crippen LogP contribution < -0.4 is 20.2 Å². The maximum atomic E-state index is 12.8. The summed E-state index contributed by atoms with van der Waals surface area (Å²) in [7, 11) is 0. The summed E-state index contributed by atoms with van der Waals surface area (Å²) in [6, 6.07) is 25.2. The van der Waals surface area contributed by atoms with Crippen molar-refractivity contribution in [2.24, 2.45) is 5.10 Å². The Bertz CT molecular complexity index is 1840. The van der Waals surface area contributed by atoms with Gasteiger partial charge in [-0.3, -0.25) is 14.9 Å². The number of amides is 1. The van der Waals surface area contributed by atoms with Crippen LogP contribution >= 0.6 is 33.9 Å². The number of hydrazone groups is 1. The Kier molecular flexibility index (Phi) is 10.4. The highest BCUT2D eigenvalue weighted by Crippen LogP contribution is 2.35. The molecular formula is C33H28IN5O5S. The van der Waals surface area contributed by atoms with E-state index in [0.29, 0.717) is 34.8 Å². The van der Waals surface area contributed by atoms with Crippen LogP contribution in [-0.4, -0.2) is 28.6 Å². The average Bonchev–Trinajstić information content (AvgIpc) is 3.50. The Hall–Kier alpha value is -4.82. The van der Waals surface area contributed by atoms with Crippen molar-refractivity contribution in [3.8, 4) is 22.8 Å². The van der Waals surface area contributed by atoms with Gasteiger partial charge in [0.05, 0.1) is 27.0 Å². The standard InChI is InChI=1S/C33H28IN5O5S/c1-3-43-30-17-23(16-28(34)31(30)44-19-22-5-4-6-27(15-22)39(41)42)18-35-38-32(40)25-11-9-24(10-12-25)29-20-45-33(37-29)36-26-13-7-21(2)8-14-26/h4-18,20H,3,19H2,1-2H3,(H,36,37)(H,38,40)/b35-18-. The largest absolute Gasteiger partial charge is 0.490 e. The Balaban J connectivity index is 1.20. The fraction of sp³-hybridized carbons (Fsp3) is 0.121. The zero-order valence-electron chi connectivity index (χ0n) is 24.3. The molecule has 0 saturated carbocycles. The van der Waals surface area contributed by atoms with Crippen molar-refractivity contribution < 1.29 is 19.2 Å². The van der Waals surface area contributed by atoms with Crippen molar-refractivity contribution in [3.05, 3.63) is 126 Å². The van der Waals surface area contributed by atoms with E-state index >= 15 is 0 Å². The first kappa shape index (κ1) is 31.6. The van der Waals surface area contributed by atoms with Crippen LogP contribution in [0.1, 0.15) is 34.0 Å². The predicted molar refractivity (Wildman–Crippen MR) is 185 cm³/mol. The van der Waals surface area contributed by atoms with E-state index in [1.54, 1.807) is 30.3 Å². The fourth-order valence-electron chi connectivity index (χ4n) is 4.23. The van der Waals surface area contributed by atoms with Crippen LogP contribution in [0.3, 0.4) is 0 Å². The van der Waals surface area contributed by atoms with E-state index in [4.69, 9.17) is 9.47 Å². The number of non-ortho nitro benzene ring substituents is 1. The van der Waals surface area contributed by atoms with E-state index < -0.39 is 4.92 Å². The lowest BCUT2D eigenvalue weighted by atomic mass is 10.1. The van der Waals surface area contributed by atoms with Gasteiger partial charge in [0, 0.05) is 34.3 Å². The van der Waals surface area contributed by atoms with E-state index in [9.17, 15) is 14.9 Å². The Morgan fingerprint density at radius 2 is 1.84 bits per heavy atom. The molecule has 228 valence electrons. The molecule has 0 aliphatic carbocycles. The zero-order chi connectivity index (χ0) is 31.8. The second-order valence-corrected chi connectivity index (χ2v) is 11.8. The number of halogens is 1. The third kappa shape index (κ3) is 8.42. The molecule has 0 spiro atoms. The quantitative estimate of drug-likeness (QED) is 0.0574. The molecule has 5 aromatic rings. The lowest BCUT2D eigenvalue weighted by Crippen LogP contribution is -2.17. The molecule has 4 aromatic carbocycles.